The molecule has 4 nitrogen and oxygen atoms in total. The van der Waals surface area contributed by atoms with Gasteiger partial charge in [0.1, 0.15) is 6.61 Å². The van der Waals surface area contributed by atoms with E-state index in [1.165, 1.54) is 29.2 Å². The number of rotatable bonds is 9. The molecule has 2 aromatic carbocycles. The van der Waals surface area contributed by atoms with E-state index in [-0.39, 0.29) is 26.0 Å². The van der Waals surface area contributed by atoms with Crippen molar-refractivity contribution in [1.82, 2.24) is 4.90 Å². The molecule has 0 aromatic heterocycles. The molecule has 0 aliphatic rings. The molecule has 0 aliphatic carbocycles. The second-order valence-corrected chi connectivity index (χ2v) is 8.07. The average Bonchev–Trinajstić information content (AvgIpc) is 2.70. The van der Waals surface area contributed by atoms with Crippen LogP contribution in [-0.4, -0.2) is 36.0 Å². The molecule has 0 bridgehead atoms. The third-order valence-electron chi connectivity index (χ3n) is 5.05. The number of hydrogen-bond donors (Lipinski definition) is 0. The predicted octanol–water partition coefficient (Wildman–Crippen LogP) is 5.29. The van der Waals surface area contributed by atoms with Gasteiger partial charge in [-0.2, -0.15) is 26.3 Å². The SMILES string of the molecule is CC(C)(Cc1ccc(C(F)(F)F)cc1)N(C=O)CCOC(=O)Cc1ccc(C(F)(F)F)cc1. The Morgan fingerprint density at radius 2 is 1.30 bits per heavy atom. The lowest BCUT2D eigenvalue weighted by Crippen LogP contribution is -2.46. The van der Waals surface area contributed by atoms with Crippen molar-refractivity contribution in [3.8, 4) is 0 Å². The molecule has 0 spiro atoms. The van der Waals surface area contributed by atoms with Gasteiger partial charge < -0.3 is 9.64 Å². The number of carbonyl (C=O) groups is 2. The number of carbonyl (C=O) groups excluding carboxylic acids is 2. The monoisotopic (exact) mass is 475 g/mol. The Bertz CT molecular complexity index is 935. The van der Waals surface area contributed by atoms with Crippen molar-refractivity contribution in [2.45, 2.75) is 44.6 Å². The first-order valence-corrected chi connectivity index (χ1v) is 9.92. The van der Waals surface area contributed by atoms with Gasteiger partial charge in [-0.25, -0.2) is 0 Å². The summed E-state index contributed by atoms with van der Waals surface area (Å²) >= 11 is 0. The predicted molar refractivity (Wildman–Crippen MR) is 108 cm³/mol. The van der Waals surface area contributed by atoms with Crippen LogP contribution in [0.3, 0.4) is 0 Å². The molecule has 0 aliphatic heterocycles. The molecule has 10 heteroatoms. The topological polar surface area (TPSA) is 46.6 Å². The Morgan fingerprint density at radius 3 is 1.73 bits per heavy atom. The lowest BCUT2D eigenvalue weighted by molar-refractivity contribution is -0.145. The van der Waals surface area contributed by atoms with E-state index < -0.39 is 35.0 Å². The summed E-state index contributed by atoms with van der Waals surface area (Å²) in [6.07, 6.45) is -8.30. The summed E-state index contributed by atoms with van der Waals surface area (Å²) < 4.78 is 81.0. The summed E-state index contributed by atoms with van der Waals surface area (Å²) in [5.41, 5.74) is -1.42. The summed E-state index contributed by atoms with van der Waals surface area (Å²) in [6.45, 7) is 3.34. The Labute approximate surface area is 187 Å². The van der Waals surface area contributed by atoms with E-state index in [1.807, 2.05) is 0 Å². The fourth-order valence-electron chi connectivity index (χ4n) is 3.20. The van der Waals surface area contributed by atoms with Crippen LogP contribution < -0.4 is 0 Å². The van der Waals surface area contributed by atoms with E-state index >= 15 is 0 Å². The zero-order valence-corrected chi connectivity index (χ0v) is 18.0. The van der Waals surface area contributed by atoms with Crippen molar-refractivity contribution in [3.05, 3.63) is 70.8 Å². The maximum Gasteiger partial charge on any atom is 0.416 e. The maximum absolute atomic E-state index is 12.7. The van der Waals surface area contributed by atoms with Gasteiger partial charge in [-0.15, -0.1) is 0 Å². The van der Waals surface area contributed by atoms with Gasteiger partial charge in [0, 0.05) is 5.54 Å². The summed E-state index contributed by atoms with van der Waals surface area (Å²) in [6, 6.07) is 8.76. The fourth-order valence-corrected chi connectivity index (χ4v) is 3.20. The molecule has 0 radical (unpaired) electrons. The number of nitrogens with zero attached hydrogens (tertiary/aromatic N) is 1. The highest BCUT2D eigenvalue weighted by Crippen LogP contribution is 2.30. The molecule has 2 aromatic rings. The molecular formula is C23H23F6NO3. The number of esters is 1. The minimum absolute atomic E-state index is 0.0376. The first-order chi connectivity index (χ1) is 15.2. The fraction of sp³-hybridized carbons (Fsp3) is 0.391. The van der Waals surface area contributed by atoms with E-state index in [2.05, 4.69) is 0 Å². The number of halogens is 6. The Hall–Kier alpha value is -3.04. The van der Waals surface area contributed by atoms with Gasteiger partial charge in [-0.3, -0.25) is 9.59 Å². The van der Waals surface area contributed by atoms with Gasteiger partial charge >= 0.3 is 18.3 Å². The quantitative estimate of drug-likeness (QED) is 0.281. The largest absolute Gasteiger partial charge is 0.464 e. The summed E-state index contributed by atoms with van der Waals surface area (Å²) in [7, 11) is 0. The van der Waals surface area contributed by atoms with Crippen LogP contribution in [0.4, 0.5) is 26.3 Å². The number of amides is 1. The van der Waals surface area contributed by atoms with Crippen LogP contribution in [0.25, 0.3) is 0 Å². The normalized spacial score (nSPS) is 12.4. The second kappa shape index (κ2) is 10.3. The average molecular weight is 475 g/mol. The molecule has 0 N–H and O–H groups in total. The molecular weight excluding hydrogens is 452 g/mol. The van der Waals surface area contributed by atoms with Crippen LogP contribution in [0.2, 0.25) is 0 Å². The van der Waals surface area contributed by atoms with Crippen molar-refractivity contribution >= 4 is 12.4 Å². The van der Waals surface area contributed by atoms with Gasteiger partial charge in [0.2, 0.25) is 6.41 Å². The van der Waals surface area contributed by atoms with Gasteiger partial charge in [0.05, 0.1) is 24.1 Å². The molecule has 2 rings (SSSR count). The third kappa shape index (κ3) is 7.80. The molecule has 0 unspecified atom stereocenters. The second-order valence-electron chi connectivity index (χ2n) is 8.07. The van der Waals surface area contributed by atoms with Gasteiger partial charge in [0.25, 0.3) is 0 Å². The van der Waals surface area contributed by atoms with Crippen LogP contribution in [0.5, 0.6) is 0 Å². The zero-order valence-electron chi connectivity index (χ0n) is 18.0. The number of alkyl halides is 6. The summed E-state index contributed by atoms with van der Waals surface area (Å²) in [4.78, 5) is 24.9. The van der Waals surface area contributed by atoms with E-state index in [0.29, 0.717) is 17.5 Å². The molecule has 0 atom stereocenters. The van der Waals surface area contributed by atoms with Crippen molar-refractivity contribution in [2.24, 2.45) is 0 Å². The van der Waals surface area contributed by atoms with E-state index in [9.17, 15) is 35.9 Å². The first kappa shape index (κ1) is 26.2. The molecule has 0 heterocycles. The number of benzene rings is 2. The van der Waals surface area contributed by atoms with Crippen molar-refractivity contribution < 1.29 is 40.7 Å². The molecule has 1 amide bonds. The van der Waals surface area contributed by atoms with E-state index in [0.717, 1.165) is 24.3 Å². The first-order valence-electron chi connectivity index (χ1n) is 9.92. The Balaban J connectivity index is 1.88. The Morgan fingerprint density at radius 1 is 0.848 bits per heavy atom. The summed E-state index contributed by atoms with van der Waals surface area (Å²) in [5, 5.41) is 0. The van der Waals surface area contributed by atoms with Crippen molar-refractivity contribution in [2.75, 3.05) is 13.2 Å². The van der Waals surface area contributed by atoms with E-state index in [1.54, 1.807) is 13.8 Å². The zero-order chi connectivity index (χ0) is 24.9. The Kier molecular flexibility index (Phi) is 8.16. The van der Waals surface area contributed by atoms with Crippen LogP contribution in [0, 0.1) is 0 Å². The minimum atomic E-state index is -4.47. The molecule has 33 heavy (non-hydrogen) atoms. The standard InChI is InChI=1S/C23H23F6NO3/c1-21(2,14-17-5-9-19(10-6-17)23(27,28)29)30(15-31)11-12-33-20(32)13-16-3-7-18(8-4-16)22(24,25)26/h3-10,15H,11-14H2,1-2H3. The molecule has 0 fully saturated rings. The smallest absolute Gasteiger partial charge is 0.416 e. The lowest BCUT2D eigenvalue weighted by Gasteiger charge is -2.36. The summed E-state index contributed by atoms with van der Waals surface area (Å²) in [5.74, 6) is -0.666. The van der Waals surface area contributed by atoms with Crippen LogP contribution in [0.1, 0.15) is 36.1 Å². The highest BCUT2D eigenvalue weighted by molar-refractivity contribution is 5.72. The van der Waals surface area contributed by atoms with Gasteiger partial charge in [-0.05, 0) is 55.7 Å². The molecule has 0 saturated heterocycles. The van der Waals surface area contributed by atoms with E-state index in [4.69, 9.17) is 4.74 Å². The molecule has 0 saturated carbocycles. The highest BCUT2D eigenvalue weighted by Gasteiger charge is 2.31. The number of ether oxygens (including phenoxy) is 1. The van der Waals surface area contributed by atoms with Crippen molar-refractivity contribution in [3.63, 3.8) is 0 Å². The minimum Gasteiger partial charge on any atom is -0.464 e. The van der Waals surface area contributed by atoms with Crippen LogP contribution in [0.15, 0.2) is 48.5 Å². The highest BCUT2D eigenvalue weighted by atomic mass is 19.4. The van der Waals surface area contributed by atoms with Gasteiger partial charge in [-0.1, -0.05) is 24.3 Å². The van der Waals surface area contributed by atoms with Crippen LogP contribution in [-0.2, 0) is 39.5 Å². The third-order valence-corrected chi connectivity index (χ3v) is 5.05. The van der Waals surface area contributed by atoms with Crippen molar-refractivity contribution in [1.29, 1.82) is 0 Å². The lowest BCUT2D eigenvalue weighted by atomic mass is 9.93. The van der Waals surface area contributed by atoms with Crippen LogP contribution >= 0.6 is 0 Å². The number of hydrogen-bond acceptors (Lipinski definition) is 3. The molecule has 180 valence electrons. The maximum atomic E-state index is 12.7. The van der Waals surface area contributed by atoms with Gasteiger partial charge in [0.15, 0.2) is 0 Å².